The van der Waals surface area contributed by atoms with Crippen molar-refractivity contribution in [3.8, 4) is 5.88 Å². The molecule has 1 aromatic rings. The van der Waals surface area contributed by atoms with Gasteiger partial charge in [-0.15, -0.1) is 0 Å². The molecule has 0 unspecified atom stereocenters. The van der Waals surface area contributed by atoms with Gasteiger partial charge in [0.15, 0.2) is 6.61 Å². The van der Waals surface area contributed by atoms with Crippen molar-refractivity contribution < 1.29 is 22.8 Å². The summed E-state index contributed by atoms with van der Waals surface area (Å²) < 4.78 is 40.0. The first kappa shape index (κ1) is 12.9. The topological polar surface area (TPSA) is 90.2 Å². The Morgan fingerprint density at radius 3 is 2.65 bits per heavy atom. The molecule has 1 rings (SSSR count). The fourth-order valence-corrected chi connectivity index (χ4v) is 0.966. The number of rotatable bonds is 4. The van der Waals surface area contributed by atoms with Gasteiger partial charge in [-0.1, -0.05) is 0 Å². The molecule has 1 N–H and O–H groups in total. The number of ether oxygens (including phenoxy) is 1. The molecule has 0 fully saturated rings. The lowest BCUT2D eigenvalue weighted by atomic mass is 10.4. The zero-order valence-corrected chi connectivity index (χ0v) is 8.48. The van der Waals surface area contributed by atoms with E-state index in [1.807, 2.05) is 0 Å². The van der Waals surface area contributed by atoms with Gasteiger partial charge in [-0.25, -0.2) is 4.98 Å². The first-order chi connectivity index (χ1) is 7.85. The molecule has 17 heavy (non-hydrogen) atoms. The van der Waals surface area contributed by atoms with E-state index in [0.717, 1.165) is 6.33 Å². The summed E-state index contributed by atoms with van der Waals surface area (Å²) in [6.45, 7) is -1.66. The number of halogens is 3. The molecule has 0 spiro atoms. The van der Waals surface area contributed by atoms with Crippen LogP contribution in [0.25, 0.3) is 0 Å². The number of nitrogens with one attached hydrogen (secondary N) is 1. The molecule has 7 nitrogen and oxygen atoms in total. The van der Waals surface area contributed by atoms with Gasteiger partial charge in [0.2, 0.25) is 5.82 Å². The standard InChI is InChI=1S/C7H7F3N4O3/c1-11-5-4(14(15)16)6(13-3-12-5)17-2-7(8,9)10/h3H,2H2,1H3,(H,11,12,13). The van der Waals surface area contributed by atoms with E-state index >= 15 is 0 Å². The molecular weight excluding hydrogens is 245 g/mol. The van der Waals surface area contributed by atoms with Gasteiger partial charge < -0.3 is 10.1 Å². The highest BCUT2D eigenvalue weighted by Crippen LogP contribution is 2.31. The van der Waals surface area contributed by atoms with E-state index in [4.69, 9.17) is 0 Å². The minimum Gasteiger partial charge on any atom is -0.463 e. The Labute approximate surface area is 92.8 Å². The first-order valence-electron chi connectivity index (χ1n) is 4.22. The first-order valence-corrected chi connectivity index (χ1v) is 4.22. The van der Waals surface area contributed by atoms with Crippen LogP contribution in [0.15, 0.2) is 6.33 Å². The fraction of sp³-hybridized carbons (Fsp3) is 0.429. The average molecular weight is 252 g/mol. The normalized spacial score (nSPS) is 11.1. The summed E-state index contributed by atoms with van der Waals surface area (Å²) in [5, 5.41) is 13.0. The Kier molecular flexibility index (Phi) is 3.66. The maximum atomic E-state index is 11.9. The summed E-state index contributed by atoms with van der Waals surface area (Å²) in [5.41, 5.74) is -0.737. The van der Waals surface area contributed by atoms with Crippen molar-refractivity contribution in [2.75, 3.05) is 19.0 Å². The van der Waals surface area contributed by atoms with E-state index in [1.54, 1.807) is 0 Å². The second-order valence-corrected chi connectivity index (χ2v) is 2.79. The maximum Gasteiger partial charge on any atom is 0.422 e. The summed E-state index contributed by atoms with van der Waals surface area (Å²) in [7, 11) is 1.34. The molecule has 0 saturated heterocycles. The van der Waals surface area contributed by atoms with Crippen LogP contribution in [0.3, 0.4) is 0 Å². The van der Waals surface area contributed by atoms with Crippen LogP contribution < -0.4 is 10.1 Å². The SMILES string of the molecule is CNc1ncnc(OCC(F)(F)F)c1[N+](=O)[O-]. The zero-order valence-electron chi connectivity index (χ0n) is 8.48. The molecule has 1 heterocycles. The van der Waals surface area contributed by atoms with Crippen LogP contribution in [-0.2, 0) is 0 Å². The van der Waals surface area contributed by atoms with Gasteiger partial charge in [0, 0.05) is 7.05 Å². The Hall–Kier alpha value is -2.13. The van der Waals surface area contributed by atoms with Crippen molar-refractivity contribution in [2.45, 2.75) is 6.18 Å². The van der Waals surface area contributed by atoms with Crippen molar-refractivity contribution >= 4 is 11.5 Å². The highest BCUT2D eigenvalue weighted by molar-refractivity contribution is 5.60. The maximum absolute atomic E-state index is 11.9. The van der Waals surface area contributed by atoms with Crippen molar-refractivity contribution in [2.24, 2.45) is 0 Å². The molecule has 1 aromatic heterocycles. The molecule has 0 amide bonds. The molecular formula is C7H7F3N4O3. The molecule has 94 valence electrons. The van der Waals surface area contributed by atoms with Crippen LogP contribution in [0, 0.1) is 10.1 Å². The summed E-state index contributed by atoms with van der Waals surface area (Å²) in [5.74, 6) is -0.950. The lowest BCUT2D eigenvalue weighted by molar-refractivity contribution is -0.385. The minimum absolute atomic E-state index is 0.220. The summed E-state index contributed by atoms with van der Waals surface area (Å²) in [4.78, 5) is 16.5. The number of nitrogens with zero attached hydrogens (tertiary/aromatic N) is 3. The third-order valence-corrected chi connectivity index (χ3v) is 1.58. The van der Waals surface area contributed by atoms with Crippen molar-refractivity contribution in [1.29, 1.82) is 0 Å². The third-order valence-electron chi connectivity index (χ3n) is 1.58. The van der Waals surface area contributed by atoms with Crippen molar-refractivity contribution in [1.82, 2.24) is 9.97 Å². The summed E-state index contributed by atoms with van der Waals surface area (Å²) in [6.07, 6.45) is -3.73. The molecule has 0 aliphatic heterocycles. The number of hydrogen-bond acceptors (Lipinski definition) is 6. The van der Waals surface area contributed by atoms with E-state index in [1.165, 1.54) is 7.05 Å². The largest absolute Gasteiger partial charge is 0.463 e. The lowest BCUT2D eigenvalue weighted by Crippen LogP contribution is -2.20. The van der Waals surface area contributed by atoms with Crippen LogP contribution >= 0.6 is 0 Å². The van der Waals surface area contributed by atoms with E-state index < -0.39 is 29.3 Å². The minimum atomic E-state index is -4.60. The highest BCUT2D eigenvalue weighted by Gasteiger charge is 2.32. The van der Waals surface area contributed by atoms with Gasteiger partial charge in [0.25, 0.3) is 5.88 Å². The molecule has 0 aliphatic carbocycles. The van der Waals surface area contributed by atoms with Gasteiger partial charge >= 0.3 is 11.9 Å². The lowest BCUT2D eigenvalue weighted by Gasteiger charge is -2.09. The predicted octanol–water partition coefficient (Wildman–Crippen LogP) is 1.37. The Balaban J connectivity index is 3.02. The number of anilines is 1. The van der Waals surface area contributed by atoms with Crippen LogP contribution in [-0.4, -0.2) is 34.7 Å². The van der Waals surface area contributed by atoms with E-state index in [0.29, 0.717) is 0 Å². The van der Waals surface area contributed by atoms with Gasteiger partial charge in [-0.3, -0.25) is 10.1 Å². The van der Waals surface area contributed by atoms with Crippen LogP contribution in [0.4, 0.5) is 24.7 Å². The van der Waals surface area contributed by atoms with Crippen LogP contribution in [0.1, 0.15) is 0 Å². The Morgan fingerprint density at radius 1 is 1.53 bits per heavy atom. The molecule has 0 bridgehead atoms. The van der Waals surface area contributed by atoms with Crippen LogP contribution in [0.2, 0.25) is 0 Å². The second-order valence-electron chi connectivity index (χ2n) is 2.79. The van der Waals surface area contributed by atoms with Crippen molar-refractivity contribution in [3.63, 3.8) is 0 Å². The average Bonchev–Trinajstić information content (AvgIpc) is 2.24. The predicted molar refractivity (Wildman–Crippen MR) is 49.8 cm³/mol. The van der Waals surface area contributed by atoms with Gasteiger partial charge in [-0.05, 0) is 0 Å². The molecule has 0 radical (unpaired) electrons. The third kappa shape index (κ3) is 3.43. The molecule has 0 saturated carbocycles. The molecule has 0 aromatic carbocycles. The number of nitro groups is 1. The quantitative estimate of drug-likeness (QED) is 0.642. The highest BCUT2D eigenvalue weighted by atomic mass is 19.4. The van der Waals surface area contributed by atoms with Gasteiger partial charge in [0.05, 0.1) is 4.92 Å². The molecule has 0 aliphatic rings. The molecule has 0 atom stereocenters. The number of alkyl halides is 3. The fourth-order valence-electron chi connectivity index (χ4n) is 0.966. The van der Waals surface area contributed by atoms with Crippen LogP contribution in [0.5, 0.6) is 5.88 Å². The van der Waals surface area contributed by atoms with Gasteiger partial charge in [0.1, 0.15) is 6.33 Å². The second kappa shape index (κ2) is 4.80. The van der Waals surface area contributed by atoms with E-state index in [9.17, 15) is 23.3 Å². The monoisotopic (exact) mass is 252 g/mol. The zero-order chi connectivity index (χ0) is 13.1. The molecule has 10 heteroatoms. The van der Waals surface area contributed by atoms with E-state index in [-0.39, 0.29) is 5.82 Å². The Morgan fingerprint density at radius 2 is 2.18 bits per heavy atom. The number of aromatic nitrogens is 2. The summed E-state index contributed by atoms with van der Waals surface area (Å²) >= 11 is 0. The summed E-state index contributed by atoms with van der Waals surface area (Å²) in [6, 6.07) is 0. The van der Waals surface area contributed by atoms with E-state index in [2.05, 4.69) is 20.0 Å². The smallest absolute Gasteiger partial charge is 0.422 e. The van der Waals surface area contributed by atoms with Crippen molar-refractivity contribution in [3.05, 3.63) is 16.4 Å². The Bertz CT molecular complexity index is 423. The van der Waals surface area contributed by atoms with Gasteiger partial charge in [-0.2, -0.15) is 18.2 Å². The number of hydrogen-bond donors (Lipinski definition) is 1.